The van der Waals surface area contributed by atoms with Gasteiger partial charge in [0, 0.05) is 32.1 Å². The number of hydrogen-bond acceptors (Lipinski definition) is 3. The van der Waals surface area contributed by atoms with Crippen molar-refractivity contribution in [2.75, 3.05) is 6.54 Å². The zero-order chi connectivity index (χ0) is 14.6. The van der Waals surface area contributed by atoms with Crippen LogP contribution in [0.1, 0.15) is 38.6 Å². The van der Waals surface area contributed by atoms with Gasteiger partial charge < -0.3 is 10.6 Å². The summed E-state index contributed by atoms with van der Waals surface area (Å²) in [4.78, 5) is 11.6. The van der Waals surface area contributed by atoms with Crippen molar-refractivity contribution in [2.45, 2.75) is 46.2 Å². The van der Waals surface area contributed by atoms with Crippen LogP contribution < -0.4 is 10.6 Å². The van der Waals surface area contributed by atoms with E-state index in [4.69, 9.17) is 0 Å². The first-order valence-corrected chi connectivity index (χ1v) is 7.19. The van der Waals surface area contributed by atoms with Crippen LogP contribution in [0.5, 0.6) is 0 Å². The number of halogens is 1. The Balaban J connectivity index is 2.33. The Morgan fingerprint density at radius 2 is 2.05 bits per heavy atom. The number of nitrogens with zero attached hydrogens (tertiary/aromatic N) is 2. The first-order chi connectivity index (χ1) is 8.70. The Labute approximate surface area is 123 Å². The topological polar surface area (TPSA) is 59.0 Å². The number of amides is 1. The van der Waals surface area contributed by atoms with Gasteiger partial charge in [-0.15, -0.1) is 0 Å². The minimum Gasteiger partial charge on any atom is -0.351 e. The van der Waals surface area contributed by atoms with Gasteiger partial charge in [0.05, 0.1) is 15.9 Å². The summed E-state index contributed by atoms with van der Waals surface area (Å²) in [6.45, 7) is 9.25. The lowest BCUT2D eigenvalue weighted by atomic mass is 10.1. The fraction of sp³-hybridized carbons (Fsp3) is 0.692. The molecule has 0 atom stereocenters. The Bertz CT molecular complexity index is 448. The van der Waals surface area contributed by atoms with E-state index < -0.39 is 0 Å². The molecule has 0 aliphatic heterocycles. The molecule has 5 nitrogen and oxygen atoms in total. The average Bonchev–Trinajstić information content (AvgIpc) is 2.47. The van der Waals surface area contributed by atoms with Gasteiger partial charge in [0.2, 0.25) is 5.91 Å². The molecule has 1 amide bonds. The Morgan fingerprint density at radius 3 is 2.53 bits per heavy atom. The van der Waals surface area contributed by atoms with Crippen molar-refractivity contribution >= 4 is 21.8 Å². The SMILES string of the molecule is Cc1nn(C)c(CNCCC(=O)NC(C)(C)C)c1Br. The molecular weight excluding hydrogens is 308 g/mol. The quantitative estimate of drug-likeness (QED) is 0.810. The standard InChI is InChI=1S/C13H23BrN4O/c1-9-12(14)10(18(5)17-9)8-15-7-6-11(19)16-13(2,3)4/h15H,6-8H2,1-5H3,(H,16,19). The lowest BCUT2D eigenvalue weighted by Gasteiger charge is -2.20. The summed E-state index contributed by atoms with van der Waals surface area (Å²) in [5.41, 5.74) is 1.90. The van der Waals surface area contributed by atoms with Gasteiger partial charge in [-0.25, -0.2) is 0 Å². The second kappa shape index (κ2) is 6.52. The maximum Gasteiger partial charge on any atom is 0.221 e. The second-order valence-corrected chi connectivity index (χ2v) is 6.49. The maximum atomic E-state index is 11.6. The summed E-state index contributed by atoms with van der Waals surface area (Å²) < 4.78 is 2.88. The fourth-order valence-corrected chi connectivity index (χ4v) is 2.24. The fourth-order valence-electron chi connectivity index (χ4n) is 1.76. The van der Waals surface area contributed by atoms with Gasteiger partial charge in [-0.2, -0.15) is 5.10 Å². The van der Waals surface area contributed by atoms with E-state index in [0.29, 0.717) is 19.5 Å². The largest absolute Gasteiger partial charge is 0.351 e. The molecule has 0 aromatic carbocycles. The molecule has 0 saturated heterocycles. The molecule has 108 valence electrons. The summed E-state index contributed by atoms with van der Waals surface area (Å²) in [5, 5.41) is 10.5. The summed E-state index contributed by atoms with van der Waals surface area (Å²) in [6, 6.07) is 0. The van der Waals surface area contributed by atoms with Crippen LogP contribution in [0.15, 0.2) is 4.47 Å². The molecule has 0 bridgehead atoms. The van der Waals surface area contributed by atoms with Gasteiger partial charge in [-0.05, 0) is 43.6 Å². The smallest absolute Gasteiger partial charge is 0.221 e. The van der Waals surface area contributed by atoms with Gasteiger partial charge in [0.25, 0.3) is 0 Å². The average molecular weight is 331 g/mol. The molecule has 1 heterocycles. The van der Waals surface area contributed by atoms with Crippen molar-refractivity contribution < 1.29 is 4.79 Å². The van der Waals surface area contributed by atoms with Crippen molar-refractivity contribution in [3.63, 3.8) is 0 Å². The van der Waals surface area contributed by atoms with Crippen molar-refractivity contribution in [3.05, 3.63) is 15.9 Å². The molecule has 6 heteroatoms. The molecule has 0 fully saturated rings. The first kappa shape index (κ1) is 16.2. The van der Waals surface area contributed by atoms with Crippen LogP contribution in [0.25, 0.3) is 0 Å². The first-order valence-electron chi connectivity index (χ1n) is 6.40. The molecule has 0 spiro atoms. The Kier molecular flexibility index (Phi) is 5.55. The number of carbonyl (C=O) groups is 1. The summed E-state index contributed by atoms with van der Waals surface area (Å²) in [7, 11) is 1.92. The van der Waals surface area contributed by atoms with Gasteiger partial charge in [0.1, 0.15) is 0 Å². The van der Waals surface area contributed by atoms with Crippen molar-refractivity contribution in [2.24, 2.45) is 7.05 Å². The van der Waals surface area contributed by atoms with Gasteiger partial charge in [0.15, 0.2) is 0 Å². The molecule has 2 N–H and O–H groups in total. The van der Waals surface area contributed by atoms with E-state index in [0.717, 1.165) is 15.9 Å². The number of aryl methyl sites for hydroxylation is 2. The zero-order valence-electron chi connectivity index (χ0n) is 12.3. The lowest BCUT2D eigenvalue weighted by Crippen LogP contribution is -2.41. The molecule has 1 aromatic heterocycles. The van der Waals surface area contributed by atoms with E-state index in [1.807, 2.05) is 39.4 Å². The van der Waals surface area contributed by atoms with Crippen molar-refractivity contribution in [1.29, 1.82) is 0 Å². The van der Waals surface area contributed by atoms with E-state index in [1.165, 1.54) is 0 Å². The third-order valence-corrected chi connectivity index (χ3v) is 3.63. The van der Waals surface area contributed by atoms with Crippen LogP contribution in [-0.2, 0) is 18.4 Å². The number of aromatic nitrogens is 2. The minimum absolute atomic E-state index is 0.0697. The van der Waals surface area contributed by atoms with Crippen molar-refractivity contribution in [1.82, 2.24) is 20.4 Å². The monoisotopic (exact) mass is 330 g/mol. The Hall–Kier alpha value is -0.880. The van der Waals surface area contributed by atoms with Crippen LogP contribution in [0.2, 0.25) is 0 Å². The Morgan fingerprint density at radius 1 is 1.42 bits per heavy atom. The molecule has 0 aliphatic carbocycles. The molecule has 0 saturated carbocycles. The summed E-state index contributed by atoms with van der Waals surface area (Å²) in [5.74, 6) is 0.0697. The third-order valence-electron chi connectivity index (χ3n) is 2.60. The number of hydrogen-bond donors (Lipinski definition) is 2. The summed E-state index contributed by atoms with van der Waals surface area (Å²) >= 11 is 3.52. The summed E-state index contributed by atoms with van der Waals surface area (Å²) in [6.07, 6.45) is 0.478. The highest BCUT2D eigenvalue weighted by Gasteiger charge is 2.13. The highest BCUT2D eigenvalue weighted by molar-refractivity contribution is 9.10. The normalized spacial score (nSPS) is 11.7. The molecule has 1 aromatic rings. The van der Waals surface area contributed by atoms with Gasteiger partial charge >= 0.3 is 0 Å². The molecule has 1 rings (SSSR count). The van der Waals surface area contributed by atoms with Crippen LogP contribution in [0, 0.1) is 6.92 Å². The number of carbonyl (C=O) groups excluding carboxylic acids is 1. The highest BCUT2D eigenvalue weighted by Crippen LogP contribution is 2.19. The molecule has 0 unspecified atom stereocenters. The van der Waals surface area contributed by atoms with Crippen LogP contribution >= 0.6 is 15.9 Å². The van der Waals surface area contributed by atoms with E-state index in [2.05, 4.69) is 31.7 Å². The third kappa shape index (κ3) is 5.32. The van der Waals surface area contributed by atoms with E-state index >= 15 is 0 Å². The van der Waals surface area contributed by atoms with Crippen LogP contribution in [-0.4, -0.2) is 27.8 Å². The van der Waals surface area contributed by atoms with Crippen molar-refractivity contribution in [3.8, 4) is 0 Å². The number of nitrogens with one attached hydrogen (secondary N) is 2. The number of rotatable bonds is 5. The predicted octanol–water partition coefficient (Wildman–Crippen LogP) is 1.89. The highest BCUT2D eigenvalue weighted by atomic mass is 79.9. The van der Waals surface area contributed by atoms with Crippen LogP contribution in [0.4, 0.5) is 0 Å². The van der Waals surface area contributed by atoms with E-state index in [1.54, 1.807) is 0 Å². The molecule has 0 radical (unpaired) electrons. The van der Waals surface area contributed by atoms with Crippen LogP contribution in [0.3, 0.4) is 0 Å². The molecule has 0 aliphatic rings. The molecule has 19 heavy (non-hydrogen) atoms. The minimum atomic E-state index is -0.167. The van der Waals surface area contributed by atoms with Gasteiger partial charge in [-0.3, -0.25) is 9.48 Å². The second-order valence-electron chi connectivity index (χ2n) is 5.69. The zero-order valence-corrected chi connectivity index (χ0v) is 13.9. The van der Waals surface area contributed by atoms with E-state index in [-0.39, 0.29) is 11.4 Å². The predicted molar refractivity (Wildman–Crippen MR) is 79.9 cm³/mol. The van der Waals surface area contributed by atoms with Gasteiger partial charge in [-0.1, -0.05) is 0 Å². The lowest BCUT2D eigenvalue weighted by molar-refractivity contribution is -0.122. The molecular formula is C13H23BrN4O. The van der Waals surface area contributed by atoms with E-state index in [9.17, 15) is 4.79 Å². The maximum absolute atomic E-state index is 11.6.